The molecule has 2 aromatic carbocycles. The van der Waals surface area contributed by atoms with Crippen LogP contribution in [0.15, 0.2) is 54.4 Å². The van der Waals surface area contributed by atoms with Gasteiger partial charge in [0, 0.05) is 59.6 Å². The number of hydrogen-bond acceptors (Lipinski definition) is 7. The molecular weight excluding hydrogens is 603 g/mol. The van der Waals surface area contributed by atoms with Crippen LogP contribution in [0.3, 0.4) is 0 Å². The fourth-order valence-corrected chi connectivity index (χ4v) is 6.94. The molecule has 1 fully saturated rings. The number of aliphatic hydroxyl groups is 1. The number of hydrogen-bond donors (Lipinski definition) is 2. The third kappa shape index (κ3) is 5.48. The number of anilines is 2. The number of amides is 1. The smallest absolute Gasteiger partial charge is 0.264 e. The lowest BCUT2D eigenvalue weighted by atomic mass is 9.93. The summed E-state index contributed by atoms with van der Waals surface area (Å²) in [6, 6.07) is 8.12. The summed E-state index contributed by atoms with van der Waals surface area (Å²) in [6.45, 7) is 5.28. The van der Waals surface area contributed by atoms with Gasteiger partial charge in [0.2, 0.25) is 0 Å². The fraction of sp³-hybridized carbons (Fsp3) is 0.375. The van der Waals surface area contributed by atoms with E-state index in [1.165, 1.54) is 34.6 Å². The number of fused-ring (bicyclic) bond motifs is 2. The van der Waals surface area contributed by atoms with Crippen LogP contribution in [0, 0.1) is 6.92 Å². The van der Waals surface area contributed by atoms with Gasteiger partial charge >= 0.3 is 0 Å². The van der Waals surface area contributed by atoms with E-state index in [4.69, 9.17) is 5.10 Å². The summed E-state index contributed by atoms with van der Waals surface area (Å²) in [6.07, 6.45) is 2.05. The standard InChI is InChI=1S/C32H32F3N7O2S/c1-18-22(19-3-5-21(6-4-19)40-10-7-32(2,44)8-11-40)14-23(29(34)35)24-16-42(39-26(18)24)28(30(43)38-31-36-9-12-45-31)27-25-13-20(33)15-41(25)17-37-27/h3-6,9,12,14,16-17,20,28-29,44H,7-8,10-11,13,15H2,1-2H3,(H,36,38,43)/t20-,28?/m1/s1. The number of aromatic nitrogens is 5. The summed E-state index contributed by atoms with van der Waals surface area (Å²) < 4.78 is 46.6. The van der Waals surface area contributed by atoms with Crippen molar-refractivity contribution in [1.29, 1.82) is 0 Å². The number of imidazole rings is 1. The summed E-state index contributed by atoms with van der Waals surface area (Å²) in [5, 5.41) is 20.1. The Labute approximate surface area is 261 Å². The quantitative estimate of drug-likeness (QED) is 0.225. The average Bonchev–Trinajstić information content (AvgIpc) is 3.80. The number of carbonyl (C=O) groups excluding carboxylic acids is 1. The molecule has 7 rings (SSSR count). The monoisotopic (exact) mass is 635 g/mol. The van der Waals surface area contributed by atoms with Gasteiger partial charge in [-0.25, -0.2) is 23.1 Å². The van der Waals surface area contributed by atoms with Gasteiger partial charge < -0.3 is 14.6 Å². The molecule has 2 atom stereocenters. The average molecular weight is 636 g/mol. The van der Waals surface area contributed by atoms with Crippen molar-refractivity contribution in [2.75, 3.05) is 23.3 Å². The van der Waals surface area contributed by atoms with Gasteiger partial charge in [-0.1, -0.05) is 12.1 Å². The number of aryl methyl sites for hydroxylation is 1. The Bertz CT molecular complexity index is 1860. The number of benzene rings is 2. The molecule has 234 valence electrons. The molecule has 0 bridgehead atoms. The lowest BCUT2D eigenvalue weighted by Crippen LogP contribution is -2.42. The van der Waals surface area contributed by atoms with Gasteiger partial charge in [0.25, 0.3) is 12.3 Å². The van der Waals surface area contributed by atoms with E-state index >= 15 is 0 Å². The second kappa shape index (κ2) is 11.3. The van der Waals surface area contributed by atoms with Gasteiger partial charge in [-0.3, -0.25) is 14.8 Å². The molecule has 1 amide bonds. The second-order valence-corrected chi connectivity index (χ2v) is 13.0. The van der Waals surface area contributed by atoms with Crippen molar-refractivity contribution < 1.29 is 23.1 Å². The summed E-state index contributed by atoms with van der Waals surface area (Å²) in [5.74, 6) is -0.507. The lowest BCUT2D eigenvalue weighted by Gasteiger charge is -2.37. The first kappa shape index (κ1) is 29.5. The Morgan fingerprint density at radius 3 is 2.62 bits per heavy atom. The predicted molar refractivity (Wildman–Crippen MR) is 167 cm³/mol. The number of rotatable bonds is 7. The number of piperidine rings is 1. The van der Waals surface area contributed by atoms with Gasteiger partial charge in [0.05, 0.1) is 29.7 Å². The summed E-state index contributed by atoms with van der Waals surface area (Å²) in [7, 11) is 0. The van der Waals surface area contributed by atoms with E-state index < -0.39 is 30.1 Å². The number of nitrogens with one attached hydrogen (secondary N) is 1. The van der Waals surface area contributed by atoms with Gasteiger partial charge in [-0.15, -0.1) is 11.3 Å². The molecule has 9 nitrogen and oxygen atoms in total. The minimum Gasteiger partial charge on any atom is -0.390 e. The van der Waals surface area contributed by atoms with E-state index in [2.05, 4.69) is 20.2 Å². The van der Waals surface area contributed by atoms with Crippen LogP contribution >= 0.6 is 11.3 Å². The molecule has 5 aromatic rings. The highest BCUT2D eigenvalue weighted by Gasteiger charge is 2.35. The minimum atomic E-state index is -2.79. The maximum atomic E-state index is 14.6. The van der Waals surface area contributed by atoms with Crippen LogP contribution in [-0.2, 0) is 17.8 Å². The normalized spacial score (nSPS) is 18.5. The molecule has 2 aliphatic rings. The van der Waals surface area contributed by atoms with Crippen LogP contribution in [0.2, 0.25) is 0 Å². The number of halogens is 3. The van der Waals surface area contributed by atoms with Crippen molar-refractivity contribution in [2.24, 2.45) is 0 Å². The molecule has 0 radical (unpaired) electrons. The molecule has 2 N–H and O–H groups in total. The maximum Gasteiger partial charge on any atom is 0.264 e. The molecule has 3 aromatic heterocycles. The molecule has 0 spiro atoms. The van der Waals surface area contributed by atoms with Crippen molar-refractivity contribution in [3.8, 4) is 11.1 Å². The number of nitrogens with zero attached hydrogens (tertiary/aromatic N) is 6. The van der Waals surface area contributed by atoms with Gasteiger partial charge in [0.15, 0.2) is 11.2 Å². The zero-order valence-electron chi connectivity index (χ0n) is 24.8. The van der Waals surface area contributed by atoms with Crippen molar-refractivity contribution in [2.45, 2.75) is 63.9 Å². The van der Waals surface area contributed by atoms with Crippen LogP contribution in [0.25, 0.3) is 22.0 Å². The first-order valence-electron chi connectivity index (χ1n) is 14.8. The van der Waals surface area contributed by atoms with Crippen LogP contribution in [0.1, 0.15) is 54.7 Å². The summed E-state index contributed by atoms with van der Waals surface area (Å²) in [5.41, 5.74) is 3.45. The van der Waals surface area contributed by atoms with Crippen molar-refractivity contribution in [3.63, 3.8) is 0 Å². The predicted octanol–water partition coefficient (Wildman–Crippen LogP) is 6.08. The largest absolute Gasteiger partial charge is 0.390 e. The van der Waals surface area contributed by atoms with E-state index in [-0.39, 0.29) is 23.9 Å². The van der Waals surface area contributed by atoms with Crippen molar-refractivity contribution in [3.05, 3.63) is 76.9 Å². The van der Waals surface area contributed by atoms with Crippen LogP contribution < -0.4 is 10.2 Å². The summed E-state index contributed by atoms with van der Waals surface area (Å²) in [4.78, 5) is 24.5. The number of carbonyl (C=O) groups is 1. The van der Waals surface area contributed by atoms with E-state index in [1.807, 2.05) is 38.1 Å². The SMILES string of the molecule is Cc1c(-c2ccc(N3CCC(C)(O)CC3)cc2)cc(C(F)F)c2cn(C(C(=O)Nc3nccs3)c3ncn4c3C[C@@H](F)C4)nc12. The molecule has 0 saturated carbocycles. The number of alkyl halides is 3. The zero-order chi connectivity index (χ0) is 31.5. The van der Waals surface area contributed by atoms with Crippen molar-refractivity contribution in [1.82, 2.24) is 24.3 Å². The first-order valence-corrected chi connectivity index (χ1v) is 15.7. The molecule has 0 aliphatic carbocycles. The molecule has 1 unspecified atom stereocenters. The lowest BCUT2D eigenvalue weighted by molar-refractivity contribution is -0.118. The van der Waals surface area contributed by atoms with E-state index in [0.717, 1.165) is 24.3 Å². The minimum absolute atomic E-state index is 0.0926. The van der Waals surface area contributed by atoms with Gasteiger partial charge in [-0.2, -0.15) is 5.10 Å². The Kier molecular flexibility index (Phi) is 7.40. The molecule has 1 saturated heterocycles. The zero-order valence-corrected chi connectivity index (χ0v) is 25.6. The topological polar surface area (TPSA) is 101 Å². The van der Waals surface area contributed by atoms with Crippen LogP contribution in [0.4, 0.5) is 24.0 Å². The highest BCUT2D eigenvalue weighted by molar-refractivity contribution is 7.13. The third-order valence-corrected chi connectivity index (χ3v) is 9.63. The number of thiazole rings is 1. The van der Waals surface area contributed by atoms with Crippen molar-refractivity contribution >= 4 is 39.0 Å². The molecule has 2 aliphatic heterocycles. The Morgan fingerprint density at radius 2 is 1.93 bits per heavy atom. The van der Waals surface area contributed by atoms with Gasteiger partial charge in [0.1, 0.15) is 6.17 Å². The van der Waals surface area contributed by atoms with Gasteiger partial charge in [-0.05, 0) is 61.6 Å². The highest BCUT2D eigenvalue weighted by Crippen LogP contribution is 2.39. The second-order valence-electron chi connectivity index (χ2n) is 12.1. The summed E-state index contributed by atoms with van der Waals surface area (Å²) >= 11 is 1.24. The van der Waals surface area contributed by atoms with E-state index in [1.54, 1.807) is 16.1 Å². The molecular formula is C32H32F3N7O2S. The molecule has 5 heterocycles. The molecule has 13 heteroatoms. The molecule has 45 heavy (non-hydrogen) atoms. The third-order valence-electron chi connectivity index (χ3n) is 8.94. The van der Waals surface area contributed by atoms with Crippen LogP contribution in [0.5, 0.6) is 0 Å². The Balaban J connectivity index is 1.29. The Hall–Kier alpha value is -4.23. The maximum absolute atomic E-state index is 14.6. The fourth-order valence-electron chi connectivity index (χ4n) is 6.41. The van der Waals surface area contributed by atoms with E-state index in [0.29, 0.717) is 46.0 Å². The Morgan fingerprint density at radius 1 is 1.18 bits per heavy atom. The van der Waals surface area contributed by atoms with Crippen LogP contribution in [-0.4, -0.2) is 60.2 Å². The highest BCUT2D eigenvalue weighted by atomic mass is 32.1. The first-order chi connectivity index (χ1) is 21.6. The van der Waals surface area contributed by atoms with E-state index in [9.17, 15) is 23.1 Å².